The highest BCUT2D eigenvalue weighted by molar-refractivity contribution is 6.32. The summed E-state index contributed by atoms with van der Waals surface area (Å²) in [6.45, 7) is 3.08. The Morgan fingerprint density at radius 2 is 1.88 bits per heavy atom. The molecular weight excluding hydrogens is 232 g/mol. The first-order valence-electron chi connectivity index (χ1n) is 4.68. The molecule has 1 aromatic rings. The van der Waals surface area contributed by atoms with Crippen molar-refractivity contribution in [2.45, 2.75) is 20.3 Å². The van der Waals surface area contributed by atoms with E-state index in [0.29, 0.717) is 5.56 Å². The van der Waals surface area contributed by atoms with Crippen LogP contribution in [0, 0.1) is 5.41 Å². The van der Waals surface area contributed by atoms with Crippen LogP contribution < -0.4 is 0 Å². The predicted octanol–water partition coefficient (Wildman–Crippen LogP) is 2.40. The highest BCUT2D eigenvalue weighted by Crippen LogP contribution is 2.38. The summed E-state index contributed by atoms with van der Waals surface area (Å²) in [7, 11) is 0. The van der Waals surface area contributed by atoms with E-state index in [1.165, 1.54) is 12.1 Å². The number of aliphatic carboxylic acids is 1. The molecule has 1 rings (SSSR count). The molecule has 3 N–H and O–H groups in total. The number of aromatic hydroxyl groups is 2. The van der Waals surface area contributed by atoms with Gasteiger partial charge in [-0.3, -0.25) is 4.79 Å². The zero-order valence-electron chi connectivity index (χ0n) is 8.99. The van der Waals surface area contributed by atoms with Crippen molar-refractivity contribution in [3.05, 3.63) is 22.7 Å². The van der Waals surface area contributed by atoms with Crippen molar-refractivity contribution >= 4 is 17.6 Å². The highest BCUT2D eigenvalue weighted by atomic mass is 35.5. The number of carboxylic acid groups (broad SMARTS) is 1. The summed E-state index contributed by atoms with van der Waals surface area (Å²) in [5, 5.41) is 28.0. The molecule has 4 nitrogen and oxygen atoms in total. The molecule has 0 amide bonds. The van der Waals surface area contributed by atoms with Gasteiger partial charge in [-0.1, -0.05) is 17.7 Å². The van der Waals surface area contributed by atoms with E-state index in [9.17, 15) is 15.0 Å². The van der Waals surface area contributed by atoms with Crippen LogP contribution in [0.25, 0.3) is 0 Å². The van der Waals surface area contributed by atoms with Crippen LogP contribution in [0.2, 0.25) is 5.02 Å². The van der Waals surface area contributed by atoms with E-state index in [-0.39, 0.29) is 17.2 Å². The number of phenols is 2. The maximum absolute atomic E-state index is 10.9. The third kappa shape index (κ3) is 2.39. The molecule has 0 unspecified atom stereocenters. The smallest absolute Gasteiger partial charge is 0.309 e. The fourth-order valence-electron chi connectivity index (χ4n) is 1.29. The van der Waals surface area contributed by atoms with E-state index >= 15 is 0 Å². The van der Waals surface area contributed by atoms with Crippen LogP contribution in [-0.4, -0.2) is 21.3 Å². The second-order valence-electron chi connectivity index (χ2n) is 4.27. The van der Waals surface area contributed by atoms with Crippen molar-refractivity contribution in [1.82, 2.24) is 0 Å². The van der Waals surface area contributed by atoms with Gasteiger partial charge in [0, 0.05) is 0 Å². The zero-order valence-corrected chi connectivity index (χ0v) is 9.75. The molecule has 5 heteroatoms. The average Bonchev–Trinajstić information content (AvgIpc) is 2.19. The largest absolute Gasteiger partial charge is 0.504 e. The Hall–Kier alpha value is -1.42. The van der Waals surface area contributed by atoms with Crippen LogP contribution in [-0.2, 0) is 11.2 Å². The molecule has 0 spiro atoms. The lowest BCUT2D eigenvalue weighted by atomic mass is 9.85. The number of halogens is 1. The Morgan fingerprint density at radius 3 is 2.38 bits per heavy atom. The molecule has 1 aromatic carbocycles. The molecular formula is C11H13ClO4. The Balaban J connectivity index is 3.08. The van der Waals surface area contributed by atoms with Gasteiger partial charge in [-0.15, -0.1) is 0 Å². The van der Waals surface area contributed by atoms with E-state index < -0.39 is 17.1 Å². The van der Waals surface area contributed by atoms with Crippen molar-refractivity contribution in [1.29, 1.82) is 0 Å². The van der Waals surface area contributed by atoms with Crippen LogP contribution in [0.4, 0.5) is 0 Å². The molecule has 0 saturated heterocycles. The molecule has 16 heavy (non-hydrogen) atoms. The van der Waals surface area contributed by atoms with Gasteiger partial charge in [0.1, 0.15) is 0 Å². The van der Waals surface area contributed by atoms with Crippen molar-refractivity contribution < 1.29 is 20.1 Å². The van der Waals surface area contributed by atoms with Gasteiger partial charge in [-0.05, 0) is 31.9 Å². The molecule has 0 heterocycles. The van der Waals surface area contributed by atoms with Crippen LogP contribution in [0.15, 0.2) is 12.1 Å². The first-order chi connectivity index (χ1) is 7.25. The van der Waals surface area contributed by atoms with Gasteiger partial charge in [0.05, 0.1) is 10.4 Å². The van der Waals surface area contributed by atoms with Crippen molar-refractivity contribution in [3.63, 3.8) is 0 Å². The normalized spacial score (nSPS) is 11.4. The number of rotatable bonds is 3. The maximum atomic E-state index is 10.9. The minimum Gasteiger partial charge on any atom is -0.504 e. The Morgan fingerprint density at radius 1 is 1.31 bits per heavy atom. The molecule has 88 valence electrons. The lowest BCUT2D eigenvalue weighted by molar-refractivity contribution is -0.146. The van der Waals surface area contributed by atoms with E-state index in [1.807, 2.05) is 0 Å². The van der Waals surface area contributed by atoms with Crippen molar-refractivity contribution in [2.75, 3.05) is 0 Å². The molecule has 0 aliphatic heterocycles. The van der Waals surface area contributed by atoms with E-state index in [2.05, 4.69) is 0 Å². The number of hydrogen-bond acceptors (Lipinski definition) is 3. The van der Waals surface area contributed by atoms with Crippen LogP contribution in [0.5, 0.6) is 11.5 Å². The number of hydrogen-bond donors (Lipinski definition) is 3. The summed E-state index contributed by atoms with van der Waals surface area (Å²) in [5.41, 5.74) is -0.660. The van der Waals surface area contributed by atoms with Gasteiger partial charge in [-0.25, -0.2) is 0 Å². The lowest BCUT2D eigenvalue weighted by Gasteiger charge is -2.19. The Labute approximate surface area is 98.1 Å². The van der Waals surface area contributed by atoms with E-state index in [1.54, 1.807) is 13.8 Å². The van der Waals surface area contributed by atoms with Gasteiger partial charge >= 0.3 is 5.97 Å². The Bertz CT molecular complexity index is 426. The van der Waals surface area contributed by atoms with Crippen molar-refractivity contribution in [3.8, 4) is 11.5 Å². The highest BCUT2D eigenvalue weighted by Gasteiger charge is 2.29. The molecule has 0 saturated carbocycles. The molecule has 0 aliphatic rings. The SMILES string of the molecule is CC(C)(Cc1ccc(Cl)c(O)c1O)C(=O)O. The summed E-state index contributed by atoms with van der Waals surface area (Å²) in [5.74, 6) is -1.75. The number of benzene rings is 1. The van der Waals surface area contributed by atoms with Gasteiger partial charge in [-0.2, -0.15) is 0 Å². The third-order valence-electron chi connectivity index (χ3n) is 2.40. The minimum atomic E-state index is -1.02. The van der Waals surface area contributed by atoms with Gasteiger partial charge in [0.15, 0.2) is 11.5 Å². The summed E-state index contributed by atoms with van der Waals surface area (Å²) in [6, 6.07) is 2.92. The van der Waals surface area contributed by atoms with Gasteiger partial charge in [0.25, 0.3) is 0 Å². The monoisotopic (exact) mass is 244 g/mol. The zero-order chi connectivity index (χ0) is 12.5. The first kappa shape index (κ1) is 12.6. The second-order valence-corrected chi connectivity index (χ2v) is 4.68. The maximum Gasteiger partial charge on any atom is 0.309 e. The second kappa shape index (κ2) is 4.22. The minimum absolute atomic E-state index is 0.0365. The molecule has 0 aliphatic carbocycles. The van der Waals surface area contributed by atoms with Gasteiger partial charge < -0.3 is 15.3 Å². The number of carboxylic acids is 1. The first-order valence-corrected chi connectivity index (χ1v) is 5.06. The van der Waals surface area contributed by atoms with E-state index in [4.69, 9.17) is 16.7 Å². The van der Waals surface area contributed by atoms with E-state index in [0.717, 1.165) is 0 Å². The molecule has 0 aromatic heterocycles. The quantitative estimate of drug-likeness (QED) is 0.714. The molecule has 0 fully saturated rings. The fourth-order valence-corrected chi connectivity index (χ4v) is 1.44. The van der Waals surface area contributed by atoms with Crippen LogP contribution >= 0.6 is 11.6 Å². The number of phenolic OH excluding ortho intramolecular Hbond substituents is 2. The summed E-state index contributed by atoms with van der Waals surface area (Å²) < 4.78 is 0. The molecule has 0 radical (unpaired) electrons. The average molecular weight is 245 g/mol. The standard InChI is InChI=1S/C11H13ClO4/c1-11(2,10(15)16)5-6-3-4-7(12)9(14)8(6)13/h3-4,13-14H,5H2,1-2H3,(H,15,16). The van der Waals surface area contributed by atoms with Crippen LogP contribution in [0.3, 0.4) is 0 Å². The third-order valence-corrected chi connectivity index (χ3v) is 2.70. The lowest BCUT2D eigenvalue weighted by Crippen LogP contribution is -2.26. The summed E-state index contributed by atoms with van der Waals surface area (Å²) >= 11 is 5.59. The van der Waals surface area contributed by atoms with Gasteiger partial charge in [0.2, 0.25) is 0 Å². The number of carbonyl (C=O) groups is 1. The Kier molecular flexibility index (Phi) is 3.33. The predicted molar refractivity (Wildman–Crippen MR) is 59.9 cm³/mol. The van der Waals surface area contributed by atoms with Crippen LogP contribution in [0.1, 0.15) is 19.4 Å². The molecule has 0 bridgehead atoms. The van der Waals surface area contributed by atoms with Crippen molar-refractivity contribution in [2.24, 2.45) is 5.41 Å². The summed E-state index contributed by atoms with van der Waals surface area (Å²) in [4.78, 5) is 10.9. The fraction of sp³-hybridized carbons (Fsp3) is 0.364. The summed E-state index contributed by atoms with van der Waals surface area (Å²) in [6.07, 6.45) is 0.110. The molecule has 0 atom stereocenters. The topological polar surface area (TPSA) is 77.8 Å².